The Kier molecular flexibility index (Phi) is 5.18. The van der Waals surface area contributed by atoms with Crippen LogP contribution in [0.5, 0.6) is 0 Å². The molecule has 0 unspecified atom stereocenters. The van der Waals surface area contributed by atoms with Crippen LogP contribution in [0.3, 0.4) is 0 Å². The van der Waals surface area contributed by atoms with E-state index < -0.39 is 0 Å². The quantitative estimate of drug-likeness (QED) is 0.406. The highest BCUT2D eigenvalue weighted by atomic mass is 32.1. The summed E-state index contributed by atoms with van der Waals surface area (Å²) in [6.45, 7) is 5.49. The largest absolute Gasteiger partial charge is 0.293 e. The van der Waals surface area contributed by atoms with Crippen LogP contribution in [0.25, 0.3) is 0 Å². The molecule has 3 nitrogen and oxygen atoms in total. The van der Waals surface area contributed by atoms with Crippen molar-refractivity contribution in [2.75, 3.05) is 0 Å². The minimum atomic E-state index is 0.182. The molecular formula is C11H16N2OS. The van der Waals surface area contributed by atoms with Crippen LogP contribution in [-0.2, 0) is 0 Å². The predicted octanol–water partition coefficient (Wildman–Crippen LogP) is 3.17. The van der Waals surface area contributed by atoms with Gasteiger partial charge in [0.1, 0.15) is 4.88 Å². The zero-order chi connectivity index (χ0) is 11.1. The summed E-state index contributed by atoms with van der Waals surface area (Å²) >= 11 is 1.20. The first-order valence-corrected chi connectivity index (χ1v) is 5.96. The Morgan fingerprint density at radius 2 is 2.27 bits per heavy atom. The van der Waals surface area contributed by atoms with Crippen LogP contribution in [0.1, 0.15) is 47.5 Å². The maximum Gasteiger partial charge on any atom is 0.176 e. The number of carbonyl (C=O) groups excluding carboxylic acids is 1. The molecule has 0 saturated carbocycles. The van der Waals surface area contributed by atoms with E-state index in [9.17, 15) is 4.79 Å². The first-order chi connectivity index (χ1) is 7.25. The lowest BCUT2D eigenvalue weighted by atomic mass is 10.1. The lowest BCUT2D eigenvalue weighted by molar-refractivity contribution is 0.0982. The van der Waals surface area contributed by atoms with Crippen LogP contribution < -0.4 is 0 Å². The maximum atomic E-state index is 11.7. The zero-order valence-electron chi connectivity index (χ0n) is 9.03. The van der Waals surface area contributed by atoms with Crippen LogP contribution in [0.2, 0.25) is 0 Å². The molecule has 1 rings (SSSR count). The van der Waals surface area contributed by atoms with Crippen molar-refractivity contribution in [1.29, 1.82) is 0 Å². The van der Waals surface area contributed by atoms with E-state index in [1.165, 1.54) is 11.5 Å². The van der Waals surface area contributed by atoms with Crippen LogP contribution in [0.4, 0.5) is 0 Å². The standard InChI is InChI=1S/C11H16N2OS/c1-3-4-5-6-7-8-10(14)11-9(2)12-13-15-11/h3H,1,4-8H2,2H3. The second-order valence-electron chi connectivity index (χ2n) is 3.50. The Morgan fingerprint density at radius 3 is 2.87 bits per heavy atom. The summed E-state index contributed by atoms with van der Waals surface area (Å²) in [5.74, 6) is 0.182. The van der Waals surface area contributed by atoms with Gasteiger partial charge in [-0.25, -0.2) is 0 Å². The van der Waals surface area contributed by atoms with E-state index in [0.717, 1.165) is 36.3 Å². The number of hydrogen-bond acceptors (Lipinski definition) is 4. The molecule has 0 aliphatic carbocycles. The molecule has 1 aromatic rings. The normalized spacial score (nSPS) is 10.2. The van der Waals surface area contributed by atoms with Gasteiger partial charge in [-0.15, -0.1) is 11.7 Å². The minimum Gasteiger partial charge on any atom is -0.293 e. The van der Waals surface area contributed by atoms with Crippen molar-refractivity contribution in [3.05, 3.63) is 23.2 Å². The van der Waals surface area contributed by atoms with Crippen molar-refractivity contribution in [2.45, 2.75) is 39.0 Å². The number of nitrogens with zero attached hydrogens (tertiary/aromatic N) is 2. The van der Waals surface area contributed by atoms with Crippen molar-refractivity contribution in [3.63, 3.8) is 0 Å². The third-order valence-electron chi connectivity index (χ3n) is 2.22. The molecule has 0 amide bonds. The SMILES string of the molecule is C=CCCCCCC(=O)c1snnc1C. The van der Waals surface area contributed by atoms with Gasteiger partial charge in [-0.05, 0) is 37.7 Å². The summed E-state index contributed by atoms with van der Waals surface area (Å²) in [4.78, 5) is 12.4. The van der Waals surface area contributed by atoms with Crippen molar-refractivity contribution < 1.29 is 4.79 Å². The topological polar surface area (TPSA) is 42.9 Å². The van der Waals surface area contributed by atoms with Gasteiger partial charge in [0.05, 0.1) is 5.69 Å². The Bertz CT molecular complexity index is 333. The lowest BCUT2D eigenvalue weighted by Gasteiger charge is -1.98. The van der Waals surface area contributed by atoms with E-state index in [2.05, 4.69) is 16.2 Å². The van der Waals surface area contributed by atoms with Crippen LogP contribution in [-0.4, -0.2) is 15.4 Å². The van der Waals surface area contributed by atoms with Crippen LogP contribution in [0.15, 0.2) is 12.7 Å². The molecule has 0 fully saturated rings. The molecule has 0 aliphatic rings. The number of allylic oxidation sites excluding steroid dienone is 1. The van der Waals surface area contributed by atoms with E-state index in [0.29, 0.717) is 6.42 Å². The van der Waals surface area contributed by atoms with Crippen molar-refractivity contribution in [3.8, 4) is 0 Å². The number of carbonyl (C=O) groups is 1. The summed E-state index contributed by atoms with van der Waals surface area (Å²) in [6, 6.07) is 0. The first kappa shape index (κ1) is 12.0. The Balaban J connectivity index is 2.25. The smallest absolute Gasteiger partial charge is 0.176 e. The highest BCUT2D eigenvalue weighted by Crippen LogP contribution is 2.14. The number of ketones is 1. The average molecular weight is 224 g/mol. The fourth-order valence-corrected chi connectivity index (χ4v) is 1.97. The van der Waals surface area contributed by atoms with Gasteiger partial charge in [0.2, 0.25) is 0 Å². The molecule has 1 aromatic heterocycles. The Hall–Kier alpha value is -1.03. The van der Waals surface area contributed by atoms with E-state index in [1.54, 1.807) is 0 Å². The highest BCUT2D eigenvalue weighted by molar-refractivity contribution is 7.08. The molecule has 0 aliphatic heterocycles. The summed E-state index contributed by atoms with van der Waals surface area (Å²) in [7, 11) is 0. The van der Waals surface area contributed by atoms with Crippen LogP contribution in [0, 0.1) is 6.92 Å². The number of aromatic nitrogens is 2. The van der Waals surface area contributed by atoms with Gasteiger partial charge in [0, 0.05) is 6.42 Å². The first-order valence-electron chi connectivity index (χ1n) is 5.18. The summed E-state index contributed by atoms with van der Waals surface area (Å²) in [5.41, 5.74) is 0.760. The van der Waals surface area contributed by atoms with Gasteiger partial charge < -0.3 is 0 Å². The van der Waals surface area contributed by atoms with E-state index in [-0.39, 0.29) is 5.78 Å². The van der Waals surface area contributed by atoms with Crippen molar-refractivity contribution in [2.24, 2.45) is 0 Å². The molecule has 0 spiro atoms. The molecule has 0 atom stereocenters. The summed E-state index contributed by atoms with van der Waals surface area (Å²) in [6.07, 6.45) is 6.72. The van der Waals surface area contributed by atoms with Crippen molar-refractivity contribution in [1.82, 2.24) is 9.59 Å². The number of rotatable bonds is 7. The van der Waals surface area contributed by atoms with Gasteiger partial charge in [-0.2, -0.15) is 0 Å². The van der Waals surface area contributed by atoms with Gasteiger partial charge in [0.25, 0.3) is 0 Å². The fraction of sp³-hybridized carbons (Fsp3) is 0.545. The Labute approximate surface area is 94.4 Å². The van der Waals surface area contributed by atoms with Gasteiger partial charge in [-0.3, -0.25) is 4.79 Å². The molecule has 0 aromatic carbocycles. The second kappa shape index (κ2) is 6.45. The number of hydrogen-bond donors (Lipinski definition) is 0. The van der Waals surface area contributed by atoms with Gasteiger partial charge >= 0.3 is 0 Å². The third-order valence-corrected chi connectivity index (χ3v) is 3.09. The molecular weight excluding hydrogens is 208 g/mol. The van der Waals surface area contributed by atoms with Crippen molar-refractivity contribution >= 4 is 17.3 Å². The monoisotopic (exact) mass is 224 g/mol. The average Bonchev–Trinajstić information content (AvgIpc) is 2.64. The molecule has 0 saturated heterocycles. The van der Waals surface area contributed by atoms with E-state index in [4.69, 9.17) is 0 Å². The number of unbranched alkanes of at least 4 members (excludes halogenated alkanes) is 3. The molecule has 0 bridgehead atoms. The summed E-state index contributed by atoms with van der Waals surface area (Å²) in [5, 5.41) is 3.83. The lowest BCUT2D eigenvalue weighted by Crippen LogP contribution is -1.98. The predicted molar refractivity (Wildman–Crippen MR) is 62.3 cm³/mol. The maximum absolute atomic E-state index is 11.7. The molecule has 1 heterocycles. The molecule has 82 valence electrons. The zero-order valence-corrected chi connectivity index (χ0v) is 9.85. The highest BCUT2D eigenvalue weighted by Gasteiger charge is 2.11. The molecule has 4 heteroatoms. The molecule has 0 radical (unpaired) electrons. The van der Waals surface area contributed by atoms with Gasteiger partial charge in [0.15, 0.2) is 5.78 Å². The third kappa shape index (κ3) is 3.91. The summed E-state index contributed by atoms with van der Waals surface area (Å²) < 4.78 is 3.76. The van der Waals surface area contributed by atoms with E-state index >= 15 is 0 Å². The number of aryl methyl sites for hydroxylation is 1. The second-order valence-corrected chi connectivity index (χ2v) is 4.25. The fourth-order valence-electron chi connectivity index (χ4n) is 1.35. The van der Waals surface area contributed by atoms with Gasteiger partial charge in [-0.1, -0.05) is 17.0 Å². The molecule has 15 heavy (non-hydrogen) atoms. The van der Waals surface area contributed by atoms with E-state index in [1.807, 2.05) is 13.0 Å². The minimum absolute atomic E-state index is 0.182. The Morgan fingerprint density at radius 1 is 1.47 bits per heavy atom. The van der Waals surface area contributed by atoms with Crippen LogP contribution >= 0.6 is 11.5 Å². The number of Topliss-reactive ketones (excluding diaryl/α,β-unsaturated/α-hetero) is 1. The molecule has 0 N–H and O–H groups in total.